The molecular formula is C8H9BrClNO2S. The van der Waals surface area contributed by atoms with E-state index in [9.17, 15) is 8.42 Å². The zero-order valence-corrected chi connectivity index (χ0v) is 10.8. The number of hydrogen-bond acceptors (Lipinski definition) is 2. The molecule has 6 heteroatoms. The van der Waals surface area contributed by atoms with E-state index in [-0.39, 0.29) is 9.92 Å². The summed E-state index contributed by atoms with van der Waals surface area (Å²) in [5.74, 6) is 0. The van der Waals surface area contributed by atoms with Gasteiger partial charge in [-0.1, -0.05) is 27.5 Å². The fraction of sp³-hybridized carbons (Fsp3) is 0.250. The summed E-state index contributed by atoms with van der Waals surface area (Å²) in [6.45, 7) is 0. The van der Waals surface area contributed by atoms with E-state index in [0.717, 1.165) is 8.78 Å². The summed E-state index contributed by atoms with van der Waals surface area (Å²) in [5.41, 5.74) is 0. The molecular weight excluding hydrogens is 290 g/mol. The lowest BCUT2D eigenvalue weighted by Gasteiger charge is -2.12. The average molecular weight is 299 g/mol. The van der Waals surface area contributed by atoms with Crippen molar-refractivity contribution in [2.24, 2.45) is 0 Å². The Hall–Kier alpha value is -0.100. The first-order valence-electron chi connectivity index (χ1n) is 3.73. The molecule has 0 bridgehead atoms. The molecule has 3 nitrogen and oxygen atoms in total. The second kappa shape index (κ2) is 4.18. The van der Waals surface area contributed by atoms with Crippen LogP contribution in [0.15, 0.2) is 27.6 Å². The van der Waals surface area contributed by atoms with Crippen LogP contribution in [0.3, 0.4) is 0 Å². The summed E-state index contributed by atoms with van der Waals surface area (Å²) in [5, 5.41) is 0.216. The van der Waals surface area contributed by atoms with Crippen molar-refractivity contribution in [3.05, 3.63) is 27.7 Å². The molecule has 14 heavy (non-hydrogen) atoms. The van der Waals surface area contributed by atoms with Crippen LogP contribution in [0.4, 0.5) is 0 Å². The minimum absolute atomic E-state index is 0.118. The Balaban J connectivity index is 3.35. The maximum Gasteiger partial charge on any atom is 0.244 e. The van der Waals surface area contributed by atoms with Crippen molar-refractivity contribution in [3.8, 4) is 0 Å². The number of nitrogens with zero attached hydrogens (tertiary/aromatic N) is 1. The standard InChI is InChI=1S/C8H9BrClNO2S/c1-11(2)14(12,13)8-4-3-6(9)5-7(8)10/h3-5H,1-2H3. The van der Waals surface area contributed by atoms with Gasteiger partial charge >= 0.3 is 0 Å². The first-order chi connectivity index (χ1) is 6.35. The van der Waals surface area contributed by atoms with Gasteiger partial charge in [-0.2, -0.15) is 0 Å². The second-order valence-electron chi connectivity index (χ2n) is 2.86. The van der Waals surface area contributed by atoms with Crippen molar-refractivity contribution >= 4 is 37.6 Å². The third-order valence-electron chi connectivity index (χ3n) is 1.65. The lowest BCUT2D eigenvalue weighted by molar-refractivity contribution is 0.521. The molecule has 1 rings (SSSR count). The van der Waals surface area contributed by atoms with E-state index in [2.05, 4.69) is 15.9 Å². The highest BCUT2D eigenvalue weighted by Crippen LogP contribution is 2.26. The Bertz CT molecular complexity index is 445. The van der Waals surface area contributed by atoms with Crippen LogP contribution in [-0.2, 0) is 10.0 Å². The summed E-state index contributed by atoms with van der Waals surface area (Å²) in [6, 6.07) is 4.67. The normalized spacial score (nSPS) is 12.1. The van der Waals surface area contributed by atoms with E-state index in [1.165, 1.54) is 20.2 Å². The summed E-state index contributed by atoms with van der Waals surface area (Å²) >= 11 is 9.03. The van der Waals surface area contributed by atoms with Crippen LogP contribution in [0.25, 0.3) is 0 Å². The van der Waals surface area contributed by atoms with Crippen molar-refractivity contribution in [2.75, 3.05) is 14.1 Å². The maximum absolute atomic E-state index is 11.7. The Kier molecular flexibility index (Phi) is 3.58. The number of benzene rings is 1. The van der Waals surface area contributed by atoms with Gasteiger partial charge in [0.15, 0.2) is 0 Å². The molecule has 0 aliphatic rings. The monoisotopic (exact) mass is 297 g/mol. The first-order valence-corrected chi connectivity index (χ1v) is 6.34. The molecule has 0 radical (unpaired) electrons. The van der Waals surface area contributed by atoms with Crippen molar-refractivity contribution < 1.29 is 8.42 Å². The Morgan fingerprint density at radius 1 is 1.36 bits per heavy atom. The minimum atomic E-state index is -3.44. The largest absolute Gasteiger partial charge is 0.244 e. The molecule has 0 spiro atoms. The summed E-state index contributed by atoms with van der Waals surface area (Å²) in [6.07, 6.45) is 0. The summed E-state index contributed by atoms with van der Waals surface area (Å²) < 4.78 is 25.3. The van der Waals surface area contributed by atoms with Gasteiger partial charge in [-0.05, 0) is 18.2 Å². The third kappa shape index (κ3) is 2.28. The Labute approximate surface area is 96.9 Å². The van der Waals surface area contributed by atoms with Gasteiger partial charge in [0.1, 0.15) is 4.90 Å². The topological polar surface area (TPSA) is 37.4 Å². The van der Waals surface area contributed by atoms with Crippen LogP contribution >= 0.6 is 27.5 Å². The molecule has 0 aliphatic carbocycles. The molecule has 0 saturated heterocycles. The van der Waals surface area contributed by atoms with E-state index in [4.69, 9.17) is 11.6 Å². The van der Waals surface area contributed by atoms with Gasteiger partial charge < -0.3 is 0 Å². The van der Waals surface area contributed by atoms with Gasteiger partial charge in [0.2, 0.25) is 10.0 Å². The van der Waals surface area contributed by atoms with Gasteiger partial charge in [-0.3, -0.25) is 0 Å². The highest BCUT2D eigenvalue weighted by atomic mass is 79.9. The predicted octanol–water partition coefficient (Wildman–Crippen LogP) is 2.35. The highest BCUT2D eigenvalue weighted by Gasteiger charge is 2.20. The van der Waals surface area contributed by atoms with Gasteiger partial charge in [0.05, 0.1) is 5.02 Å². The van der Waals surface area contributed by atoms with Crippen molar-refractivity contribution in [2.45, 2.75) is 4.90 Å². The first kappa shape index (κ1) is 12.0. The highest BCUT2D eigenvalue weighted by molar-refractivity contribution is 9.10. The lowest BCUT2D eigenvalue weighted by atomic mass is 10.4. The fourth-order valence-corrected chi connectivity index (χ4v) is 2.79. The van der Waals surface area contributed by atoms with Gasteiger partial charge in [-0.15, -0.1) is 0 Å². The Morgan fingerprint density at radius 2 is 1.93 bits per heavy atom. The molecule has 0 fully saturated rings. The number of rotatable bonds is 2. The molecule has 0 atom stereocenters. The van der Waals surface area contributed by atoms with E-state index < -0.39 is 10.0 Å². The van der Waals surface area contributed by atoms with Crippen LogP contribution in [0.2, 0.25) is 5.02 Å². The smallest absolute Gasteiger partial charge is 0.207 e. The Morgan fingerprint density at radius 3 is 2.36 bits per heavy atom. The van der Waals surface area contributed by atoms with E-state index in [1.54, 1.807) is 12.1 Å². The fourth-order valence-electron chi connectivity index (χ4n) is 0.881. The molecule has 1 aromatic carbocycles. The molecule has 0 saturated carbocycles. The lowest BCUT2D eigenvalue weighted by Crippen LogP contribution is -2.22. The maximum atomic E-state index is 11.7. The zero-order chi connectivity index (χ0) is 10.9. The van der Waals surface area contributed by atoms with E-state index in [0.29, 0.717) is 0 Å². The van der Waals surface area contributed by atoms with Crippen LogP contribution in [-0.4, -0.2) is 26.8 Å². The molecule has 78 valence electrons. The minimum Gasteiger partial charge on any atom is -0.207 e. The molecule has 1 aromatic rings. The quantitative estimate of drug-likeness (QED) is 0.840. The number of halogens is 2. The van der Waals surface area contributed by atoms with Crippen molar-refractivity contribution in [3.63, 3.8) is 0 Å². The predicted molar refractivity (Wildman–Crippen MR) is 60.0 cm³/mol. The van der Waals surface area contributed by atoms with Crippen LogP contribution in [0.5, 0.6) is 0 Å². The molecule has 0 heterocycles. The molecule has 0 aromatic heterocycles. The number of hydrogen-bond donors (Lipinski definition) is 0. The van der Waals surface area contributed by atoms with E-state index >= 15 is 0 Å². The van der Waals surface area contributed by atoms with Crippen molar-refractivity contribution in [1.29, 1.82) is 0 Å². The van der Waals surface area contributed by atoms with Gasteiger partial charge in [0, 0.05) is 18.6 Å². The van der Waals surface area contributed by atoms with Crippen LogP contribution < -0.4 is 0 Å². The summed E-state index contributed by atoms with van der Waals surface area (Å²) in [4.78, 5) is 0.118. The molecule has 0 aliphatic heterocycles. The SMILES string of the molecule is CN(C)S(=O)(=O)c1ccc(Br)cc1Cl. The van der Waals surface area contributed by atoms with Gasteiger partial charge in [-0.25, -0.2) is 12.7 Å². The molecule has 0 N–H and O–H groups in total. The zero-order valence-electron chi connectivity index (χ0n) is 7.66. The average Bonchev–Trinajstić information content (AvgIpc) is 2.02. The molecule has 0 unspecified atom stereocenters. The second-order valence-corrected chi connectivity index (χ2v) is 6.31. The third-order valence-corrected chi connectivity index (χ3v) is 4.44. The van der Waals surface area contributed by atoms with Crippen molar-refractivity contribution in [1.82, 2.24) is 4.31 Å². The van der Waals surface area contributed by atoms with Gasteiger partial charge in [0.25, 0.3) is 0 Å². The number of sulfonamides is 1. The van der Waals surface area contributed by atoms with Crippen LogP contribution in [0.1, 0.15) is 0 Å². The van der Waals surface area contributed by atoms with E-state index in [1.807, 2.05) is 0 Å². The summed E-state index contributed by atoms with van der Waals surface area (Å²) in [7, 11) is -0.512. The molecule has 0 amide bonds. The van der Waals surface area contributed by atoms with Crippen LogP contribution in [0, 0.1) is 0 Å².